The Morgan fingerprint density at radius 1 is 1.10 bits per heavy atom. The van der Waals surface area contributed by atoms with Crippen molar-refractivity contribution in [1.29, 1.82) is 0 Å². The number of carbonyl (C=O) groups is 2. The number of imide groups is 1. The normalized spacial score (nSPS) is 18.5. The molecule has 150 valence electrons. The second-order valence-corrected chi connectivity index (χ2v) is 7.27. The molecule has 0 radical (unpaired) electrons. The van der Waals surface area contributed by atoms with Crippen LogP contribution in [0.4, 0.5) is 5.69 Å². The van der Waals surface area contributed by atoms with E-state index in [0.717, 1.165) is 23.3 Å². The van der Waals surface area contributed by atoms with Gasteiger partial charge in [-0.15, -0.1) is 0 Å². The topological polar surface area (TPSA) is 93.0 Å². The van der Waals surface area contributed by atoms with Gasteiger partial charge in [-0.3, -0.25) is 29.5 Å². The van der Waals surface area contributed by atoms with Gasteiger partial charge in [0.25, 0.3) is 17.5 Å². The van der Waals surface area contributed by atoms with Gasteiger partial charge in [0.15, 0.2) is 0 Å². The first kappa shape index (κ1) is 19.2. The molecule has 1 fully saturated rings. The number of nitro benzene ring substituents is 1. The third-order valence-electron chi connectivity index (χ3n) is 5.25. The van der Waals surface area contributed by atoms with Crippen LogP contribution in [0, 0.1) is 10.1 Å². The van der Waals surface area contributed by atoms with Gasteiger partial charge in [0.05, 0.1) is 23.3 Å². The van der Waals surface area contributed by atoms with Crippen molar-refractivity contribution in [3.63, 3.8) is 0 Å². The molecule has 2 aliphatic heterocycles. The minimum Gasteiger partial charge on any atom is -0.377 e. The van der Waals surface area contributed by atoms with Gasteiger partial charge in [-0.1, -0.05) is 36.4 Å². The molecule has 2 aromatic carbocycles. The van der Waals surface area contributed by atoms with Crippen LogP contribution in [0.15, 0.2) is 48.5 Å². The van der Waals surface area contributed by atoms with E-state index in [2.05, 4.69) is 0 Å². The van der Waals surface area contributed by atoms with Crippen molar-refractivity contribution in [2.24, 2.45) is 0 Å². The van der Waals surface area contributed by atoms with Crippen LogP contribution in [0.5, 0.6) is 0 Å². The van der Waals surface area contributed by atoms with E-state index < -0.39 is 16.7 Å². The third kappa shape index (κ3) is 3.90. The third-order valence-corrected chi connectivity index (χ3v) is 5.25. The summed E-state index contributed by atoms with van der Waals surface area (Å²) in [6.07, 6.45) is 1.96. The van der Waals surface area contributed by atoms with Crippen LogP contribution in [-0.2, 0) is 11.3 Å². The molecule has 2 aliphatic rings. The van der Waals surface area contributed by atoms with E-state index in [1.807, 2.05) is 35.2 Å². The summed E-state index contributed by atoms with van der Waals surface area (Å²) in [7, 11) is 0. The number of ether oxygens (including phenoxy) is 1. The van der Waals surface area contributed by atoms with Gasteiger partial charge in [-0.05, 0) is 24.5 Å². The summed E-state index contributed by atoms with van der Waals surface area (Å²) in [5.74, 6) is -1.12. The Hall–Kier alpha value is -3.10. The molecule has 2 aromatic rings. The first-order valence-electron chi connectivity index (χ1n) is 9.56. The predicted octanol–water partition coefficient (Wildman–Crippen LogP) is 2.83. The van der Waals surface area contributed by atoms with E-state index in [9.17, 15) is 19.7 Å². The van der Waals surface area contributed by atoms with Crippen molar-refractivity contribution in [3.8, 4) is 0 Å². The van der Waals surface area contributed by atoms with E-state index in [4.69, 9.17) is 4.74 Å². The summed E-state index contributed by atoms with van der Waals surface area (Å²) in [5, 5.41) is 11.3. The predicted molar refractivity (Wildman–Crippen MR) is 104 cm³/mol. The van der Waals surface area contributed by atoms with Gasteiger partial charge in [0.1, 0.15) is 5.56 Å². The molecule has 8 nitrogen and oxygen atoms in total. The number of carbonyl (C=O) groups excluding carboxylic acids is 2. The van der Waals surface area contributed by atoms with Crippen molar-refractivity contribution in [2.45, 2.75) is 25.5 Å². The monoisotopic (exact) mass is 395 g/mol. The number of fused-ring (bicyclic) bond motifs is 1. The highest BCUT2D eigenvalue weighted by Gasteiger charge is 2.41. The number of rotatable bonds is 7. The molecule has 2 heterocycles. The molecule has 4 rings (SSSR count). The Morgan fingerprint density at radius 2 is 1.90 bits per heavy atom. The highest BCUT2D eigenvalue weighted by molar-refractivity contribution is 6.23. The summed E-state index contributed by atoms with van der Waals surface area (Å²) in [6, 6.07) is 13.9. The molecular formula is C21H21N3O5. The van der Waals surface area contributed by atoms with Gasteiger partial charge in [-0.2, -0.15) is 0 Å². The van der Waals surface area contributed by atoms with Crippen molar-refractivity contribution in [1.82, 2.24) is 9.80 Å². The maximum Gasteiger partial charge on any atom is 0.282 e. The van der Waals surface area contributed by atoms with Crippen LogP contribution < -0.4 is 0 Å². The largest absolute Gasteiger partial charge is 0.377 e. The van der Waals surface area contributed by atoms with Crippen molar-refractivity contribution in [2.75, 3.05) is 19.8 Å². The molecule has 0 N–H and O–H groups in total. The first-order chi connectivity index (χ1) is 14.0. The quantitative estimate of drug-likeness (QED) is 0.407. The lowest BCUT2D eigenvalue weighted by Gasteiger charge is -2.28. The van der Waals surface area contributed by atoms with Crippen LogP contribution in [0.3, 0.4) is 0 Å². The average molecular weight is 395 g/mol. The zero-order chi connectivity index (χ0) is 20.4. The maximum atomic E-state index is 12.9. The van der Waals surface area contributed by atoms with Crippen LogP contribution in [0.2, 0.25) is 0 Å². The average Bonchev–Trinajstić information content (AvgIpc) is 3.31. The molecule has 1 atom stereocenters. The summed E-state index contributed by atoms with van der Waals surface area (Å²) in [4.78, 5) is 39.5. The van der Waals surface area contributed by atoms with Gasteiger partial charge < -0.3 is 4.74 Å². The summed E-state index contributed by atoms with van der Waals surface area (Å²) >= 11 is 0. The number of nitrogens with zero attached hydrogens (tertiary/aromatic N) is 3. The fraction of sp³-hybridized carbons (Fsp3) is 0.333. The second kappa shape index (κ2) is 8.10. The van der Waals surface area contributed by atoms with Crippen LogP contribution in [0.25, 0.3) is 0 Å². The fourth-order valence-corrected chi connectivity index (χ4v) is 3.89. The molecule has 2 amide bonds. The van der Waals surface area contributed by atoms with Gasteiger partial charge in [-0.25, -0.2) is 0 Å². The van der Waals surface area contributed by atoms with E-state index >= 15 is 0 Å². The summed E-state index contributed by atoms with van der Waals surface area (Å²) in [5.41, 5.74) is 0.672. The highest BCUT2D eigenvalue weighted by Crippen LogP contribution is 2.31. The Labute approximate surface area is 167 Å². The lowest BCUT2D eigenvalue weighted by molar-refractivity contribution is -0.385. The first-order valence-corrected chi connectivity index (χ1v) is 9.56. The molecule has 0 saturated carbocycles. The number of hydrogen-bond acceptors (Lipinski definition) is 6. The van der Waals surface area contributed by atoms with E-state index in [-0.39, 0.29) is 29.6 Å². The zero-order valence-corrected chi connectivity index (χ0v) is 15.8. The lowest BCUT2D eigenvalue weighted by atomic mass is 10.1. The van der Waals surface area contributed by atoms with Crippen molar-refractivity contribution in [3.05, 3.63) is 75.3 Å². The van der Waals surface area contributed by atoms with Gasteiger partial charge in [0.2, 0.25) is 0 Å². The van der Waals surface area contributed by atoms with Gasteiger partial charge >= 0.3 is 0 Å². The second-order valence-electron chi connectivity index (χ2n) is 7.27. The highest BCUT2D eigenvalue weighted by atomic mass is 16.6. The molecular weight excluding hydrogens is 374 g/mol. The Kier molecular flexibility index (Phi) is 5.37. The van der Waals surface area contributed by atoms with Crippen LogP contribution in [-0.4, -0.2) is 52.5 Å². The SMILES string of the molecule is O=C1c2cccc([N+](=O)[O-])c2C(=O)N1CN(Cc1ccccc1)CC1CCCO1. The Bertz CT molecular complexity index is 941. The molecule has 29 heavy (non-hydrogen) atoms. The summed E-state index contributed by atoms with van der Waals surface area (Å²) < 4.78 is 5.73. The van der Waals surface area contributed by atoms with Crippen molar-refractivity contribution >= 4 is 17.5 Å². The molecule has 1 saturated heterocycles. The number of benzene rings is 2. The molecule has 1 unspecified atom stereocenters. The molecule has 0 aliphatic carbocycles. The number of hydrogen-bond donors (Lipinski definition) is 0. The standard InChI is InChI=1S/C21H21N3O5/c25-20-17-9-4-10-18(24(27)28)19(17)21(26)23(20)14-22(13-16-8-5-11-29-16)12-15-6-2-1-3-7-15/h1-4,6-7,9-10,16H,5,8,11-14H2. The lowest BCUT2D eigenvalue weighted by Crippen LogP contribution is -2.43. The Balaban J connectivity index is 1.58. The van der Waals surface area contributed by atoms with Crippen molar-refractivity contribution < 1.29 is 19.2 Å². The van der Waals surface area contributed by atoms with E-state index in [0.29, 0.717) is 19.7 Å². The minimum absolute atomic E-state index is 0.0447. The fourth-order valence-electron chi connectivity index (χ4n) is 3.89. The zero-order valence-electron chi connectivity index (χ0n) is 15.8. The minimum atomic E-state index is -0.623. The van der Waals surface area contributed by atoms with Crippen LogP contribution in [0.1, 0.15) is 39.1 Å². The molecule has 8 heteroatoms. The smallest absolute Gasteiger partial charge is 0.282 e. The van der Waals surface area contributed by atoms with E-state index in [1.54, 1.807) is 0 Å². The molecule has 0 bridgehead atoms. The van der Waals surface area contributed by atoms with Gasteiger partial charge in [0, 0.05) is 25.8 Å². The Morgan fingerprint density at radius 3 is 2.59 bits per heavy atom. The summed E-state index contributed by atoms with van der Waals surface area (Å²) in [6.45, 7) is 1.88. The van der Waals surface area contributed by atoms with Crippen LogP contribution >= 0.6 is 0 Å². The number of amides is 2. The number of nitro groups is 1. The maximum absolute atomic E-state index is 12.9. The molecule has 0 spiro atoms. The molecule has 0 aromatic heterocycles. The van der Waals surface area contributed by atoms with E-state index in [1.165, 1.54) is 18.2 Å².